The van der Waals surface area contributed by atoms with E-state index in [4.69, 9.17) is 11.6 Å². The van der Waals surface area contributed by atoms with Gasteiger partial charge in [0.05, 0.1) is 10.6 Å². The summed E-state index contributed by atoms with van der Waals surface area (Å²) >= 11 is 5.86. The van der Waals surface area contributed by atoms with E-state index in [1.807, 2.05) is 24.3 Å². The Hall–Kier alpha value is -2.11. The highest BCUT2D eigenvalue weighted by Gasteiger charge is 2.24. The van der Waals surface area contributed by atoms with E-state index in [1.54, 1.807) is 12.1 Å². The number of pyridine rings is 1. The van der Waals surface area contributed by atoms with Gasteiger partial charge in [-0.05, 0) is 62.5 Å². The zero-order chi connectivity index (χ0) is 19.1. The second-order valence-electron chi connectivity index (χ2n) is 6.99. The van der Waals surface area contributed by atoms with Crippen LogP contribution in [0.2, 0.25) is 5.02 Å². The van der Waals surface area contributed by atoms with Crippen molar-refractivity contribution in [3.05, 3.63) is 53.2 Å². The molecule has 1 fully saturated rings. The molecule has 0 spiro atoms. The molecule has 1 atom stereocenters. The summed E-state index contributed by atoms with van der Waals surface area (Å²) in [5, 5.41) is 10.5. The zero-order valence-electron chi connectivity index (χ0n) is 15.7. The van der Waals surface area contributed by atoms with E-state index in [-0.39, 0.29) is 5.91 Å². The Morgan fingerprint density at radius 3 is 2.74 bits per heavy atom. The summed E-state index contributed by atoms with van der Waals surface area (Å²) in [6, 6.07) is 11.5. The number of nitrogens with one attached hydrogen (secondary N) is 3. The van der Waals surface area contributed by atoms with Gasteiger partial charge in [-0.3, -0.25) is 4.79 Å². The van der Waals surface area contributed by atoms with E-state index in [2.05, 4.69) is 27.9 Å². The molecule has 5 nitrogen and oxygen atoms in total. The minimum atomic E-state index is -0.173. The number of halogens is 1. The van der Waals surface area contributed by atoms with Crippen LogP contribution in [0.15, 0.2) is 42.6 Å². The van der Waals surface area contributed by atoms with Gasteiger partial charge in [0.15, 0.2) is 0 Å². The third kappa shape index (κ3) is 5.44. The Kier molecular flexibility index (Phi) is 7.07. The molecule has 3 N–H and O–H groups in total. The van der Waals surface area contributed by atoms with E-state index in [0.29, 0.717) is 28.4 Å². The smallest absolute Gasteiger partial charge is 0.258 e. The molecule has 0 bridgehead atoms. The summed E-state index contributed by atoms with van der Waals surface area (Å²) < 4.78 is 0. The Balaban J connectivity index is 1.75. The lowest BCUT2D eigenvalue weighted by molar-refractivity contribution is 0.102. The van der Waals surface area contributed by atoms with Gasteiger partial charge in [-0.1, -0.05) is 37.1 Å². The highest BCUT2D eigenvalue weighted by atomic mass is 35.5. The Morgan fingerprint density at radius 1 is 1.26 bits per heavy atom. The molecular formula is C21H27ClN4O. The number of rotatable bonds is 7. The van der Waals surface area contributed by atoms with Gasteiger partial charge in [-0.2, -0.15) is 0 Å². The van der Waals surface area contributed by atoms with Gasteiger partial charge in [0.25, 0.3) is 5.91 Å². The first-order chi connectivity index (χ1) is 13.2. The Labute approximate surface area is 165 Å². The van der Waals surface area contributed by atoms with Crippen LogP contribution in [0.4, 0.5) is 11.5 Å². The average Bonchev–Trinajstić information content (AvgIpc) is 2.70. The van der Waals surface area contributed by atoms with Crippen LogP contribution >= 0.6 is 11.6 Å². The minimum absolute atomic E-state index is 0.173. The summed E-state index contributed by atoms with van der Waals surface area (Å²) in [6.07, 6.45) is 6.07. The van der Waals surface area contributed by atoms with Crippen LogP contribution < -0.4 is 16.0 Å². The van der Waals surface area contributed by atoms with Crippen molar-refractivity contribution in [3.8, 4) is 0 Å². The predicted octanol–water partition coefficient (Wildman–Crippen LogP) is 4.57. The summed E-state index contributed by atoms with van der Waals surface area (Å²) in [5.41, 5.74) is 1.50. The van der Waals surface area contributed by atoms with E-state index < -0.39 is 0 Å². The van der Waals surface area contributed by atoms with Gasteiger partial charge in [-0.15, -0.1) is 0 Å². The first kappa shape index (κ1) is 19.6. The largest absolute Gasteiger partial charge is 0.381 e. The molecule has 27 heavy (non-hydrogen) atoms. The van der Waals surface area contributed by atoms with Crippen molar-refractivity contribution in [2.75, 3.05) is 23.7 Å². The highest BCUT2D eigenvalue weighted by Crippen LogP contribution is 2.26. The monoisotopic (exact) mass is 386 g/mol. The molecule has 1 unspecified atom stereocenters. The molecule has 1 aromatic carbocycles. The highest BCUT2D eigenvalue weighted by molar-refractivity contribution is 6.30. The first-order valence-electron chi connectivity index (χ1n) is 9.66. The number of anilines is 2. The molecular weight excluding hydrogens is 360 g/mol. The van der Waals surface area contributed by atoms with Gasteiger partial charge in [-0.25, -0.2) is 4.98 Å². The molecule has 0 aliphatic carbocycles. The topological polar surface area (TPSA) is 66.0 Å². The van der Waals surface area contributed by atoms with Crippen molar-refractivity contribution in [3.63, 3.8) is 0 Å². The van der Waals surface area contributed by atoms with E-state index >= 15 is 0 Å². The zero-order valence-corrected chi connectivity index (χ0v) is 16.4. The van der Waals surface area contributed by atoms with Gasteiger partial charge in [0.1, 0.15) is 5.82 Å². The maximum Gasteiger partial charge on any atom is 0.258 e. The molecule has 2 aromatic rings. The normalized spacial score (nSPS) is 15.9. The van der Waals surface area contributed by atoms with E-state index in [9.17, 15) is 4.79 Å². The lowest BCUT2D eigenvalue weighted by atomic mass is 9.87. The molecule has 1 aliphatic rings. The maximum atomic E-state index is 12.8. The lowest BCUT2D eigenvalue weighted by Gasteiger charge is -2.32. The van der Waals surface area contributed by atoms with Crippen LogP contribution in [0.25, 0.3) is 0 Å². The number of hydrogen-bond acceptors (Lipinski definition) is 4. The second-order valence-corrected chi connectivity index (χ2v) is 7.42. The fraction of sp³-hybridized carbons (Fsp3) is 0.429. The van der Waals surface area contributed by atoms with Crippen LogP contribution in [-0.4, -0.2) is 30.0 Å². The molecule has 0 saturated carbocycles. The van der Waals surface area contributed by atoms with Gasteiger partial charge in [0, 0.05) is 17.9 Å². The number of carbonyl (C=O) groups excluding carboxylic acids is 1. The van der Waals surface area contributed by atoms with Gasteiger partial charge >= 0.3 is 0 Å². The third-order valence-electron chi connectivity index (χ3n) is 5.03. The standard InChI is InChI=1S/C21H27ClN4O/c1-2-5-18(15-10-12-23-13-11-15)25-19-7-4-3-6-17(19)21(27)26-20-9-8-16(22)14-24-20/h3-4,6-9,14-15,18,23,25H,2,5,10-13H2,1H3,(H,24,26,27). The minimum Gasteiger partial charge on any atom is -0.381 e. The van der Waals surface area contributed by atoms with E-state index in [1.165, 1.54) is 19.0 Å². The molecule has 1 aromatic heterocycles. The molecule has 3 rings (SSSR count). The lowest BCUT2D eigenvalue weighted by Crippen LogP contribution is -2.38. The Bertz CT molecular complexity index is 744. The number of carbonyl (C=O) groups is 1. The van der Waals surface area contributed by atoms with Gasteiger partial charge in [0.2, 0.25) is 0 Å². The molecule has 144 valence electrons. The van der Waals surface area contributed by atoms with Crippen LogP contribution in [-0.2, 0) is 0 Å². The summed E-state index contributed by atoms with van der Waals surface area (Å²) in [7, 11) is 0. The fourth-order valence-electron chi connectivity index (χ4n) is 3.62. The van der Waals surface area contributed by atoms with E-state index in [0.717, 1.165) is 31.6 Å². The van der Waals surface area contributed by atoms with Crippen LogP contribution in [0.5, 0.6) is 0 Å². The number of hydrogen-bond donors (Lipinski definition) is 3. The summed E-state index contributed by atoms with van der Waals surface area (Å²) in [4.78, 5) is 16.9. The summed E-state index contributed by atoms with van der Waals surface area (Å²) in [6.45, 7) is 4.34. The molecule has 2 heterocycles. The maximum absolute atomic E-state index is 12.8. The average molecular weight is 387 g/mol. The van der Waals surface area contributed by atoms with Crippen LogP contribution in [0.1, 0.15) is 43.0 Å². The van der Waals surface area contributed by atoms with Crippen molar-refractivity contribution in [1.82, 2.24) is 10.3 Å². The van der Waals surface area contributed by atoms with Crippen molar-refractivity contribution < 1.29 is 4.79 Å². The summed E-state index contributed by atoms with van der Waals surface area (Å²) in [5.74, 6) is 0.941. The predicted molar refractivity (Wildman–Crippen MR) is 112 cm³/mol. The third-order valence-corrected chi connectivity index (χ3v) is 5.26. The number of para-hydroxylation sites is 1. The van der Waals surface area contributed by atoms with Crippen LogP contribution in [0, 0.1) is 5.92 Å². The number of amides is 1. The molecule has 6 heteroatoms. The molecule has 1 amide bonds. The number of piperidine rings is 1. The fourth-order valence-corrected chi connectivity index (χ4v) is 3.74. The molecule has 1 aliphatic heterocycles. The van der Waals surface area contributed by atoms with Gasteiger partial charge < -0.3 is 16.0 Å². The Morgan fingerprint density at radius 2 is 2.04 bits per heavy atom. The van der Waals surface area contributed by atoms with Crippen molar-refractivity contribution in [1.29, 1.82) is 0 Å². The second kappa shape index (κ2) is 9.72. The van der Waals surface area contributed by atoms with Crippen LogP contribution in [0.3, 0.4) is 0 Å². The number of nitrogens with zero attached hydrogens (tertiary/aromatic N) is 1. The number of benzene rings is 1. The molecule has 1 saturated heterocycles. The van der Waals surface area contributed by atoms with Crippen molar-refractivity contribution in [2.24, 2.45) is 5.92 Å². The van der Waals surface area contributed by atoms with Crippen molar-refractivity contribution in [2.45, 2.75) is 38.6 Å². The number of aromatic nitrogens is 1. The first-order valence-corrected chi connectivity index (χ1v) is 10.0. The molecule has 0 radical (unpaired) electrons. The quantitative estimate of drug-likeness (QED) is 0.652. The SMILES string of the molecule is CCCC(Nc1ccccc1C(=O)Nc1ccc(Cl)cn1)C1CCNCC1. The van der Waals surface area contributed by atoms with Crippen molar-refractivity contribution >= 4 is 29.0 Å².